The topological polar surface area (TPSA) is 52.0 Å². The summed E-state index contributed by atoms with van der Waals surface area (Å²) in [4.78, 5) is 5.15. The van der Waals surface area contributed by atoms with Crippen LogP contribution in [0.25, 0.3) is 11.1 Å². The molecule has 0 bridgehead atoms. The Morgan fingerprint density at radius 1 is 1.11 bits per heavy atom. The van der Waals surface area contributed by atoms with Crippen LogP contribution in [-0.2, 0) is 0 Å². The van der Waals surface area contributed by atoms with Crippen LogP contribution >= 0.6 is 35.0 Å². The minimum atomic E-state index is 0.504. The summed E-state index contributed by atoms with van der Waals surface area (Å²) in [5.74, 6) is 0. The van der Waals surface area contributed by atoms with Gasteiger partial charge in [0.1, 0.15) is 5.52 Å². The van der Waals surface area contributed by atoms with Gasteiger partial charge in [-0.3, -0.25) is 0 Å². The van der Waals surface area contributed by atoms with E-state index in [0.717, 1.165) is 10.4 Å². The van der Waals surface area contributed by atoms with E-state index in [0.29, 0.717) is 26.5 Å². The summed E-state index contributed by atoms with van der Waals surface area (Å²) in [5.41, 5.74) is 7.77. The molecule has 1 aromatic heterocycles. The van der Waals surface area contributed by atoms with Gasteiger partial charge in [0.15, 0.2) is 5.58 Å². The number of rotatable bonds is 2. The van der Waals surface area contributed by atoms with E-state index >= 15 is 0 Å². The molecule has 3 nitrogen and oxygen atoms in total. The fourth-order valence-electron chi connectivity index (χ4n) is 1.62. The first-order chi connectivity index (χ1) is 9.11. The monoisotopic (exact) mass is 310 g/mol. The van der Waals surface area contributed by atoms with Crippen molar-refractivity contribution in [1.29, 1.82) is 0 Å². The molecule has 0 atom stereocenters. The van der Waals surface area contributed by atoms with E-state index in [9.17, 15) is 0 Å². The Morgan fingerprint density at radius 3 is 2.79 bits per heavy atom. The van der Waals surface area contributed by atoms with Crippen LogP contribution in [0.2, 0.25) is 10.0 Å². The van der Waals surface area contributed by atoms with Gasteiger partial charge < -0.3 is 10.2 Å². The van der Waals surface area contributed by atoms with E-state index in [1.165, 1.54) is 11.8 Å². The number of anilines is 1. The van der Waals surface area contributed by atoms with E-state index in [1.54, 1.807) is 36.4 Å². The lowest BCUT2D eigenvalue weighted by Gasteiger charge is -2.00. The number of nitrogen functional groups attached to an aromatic ring is 1. The summed E-state index contributed by atoms with van der Waals surface area (Å²) in [6, 6.07) is 10.6. The highest BCUT2D eigenvalue weighted by atomic mass is 35.5. The molecule has 19 heavy (non-hydrogen) atoms. The van der Waals surface area contributed by atoms with Crippen molar-refractivity contribution in [2.75, 3.05) is 5.73 Å². The maximum absolute atomic E-state index is 6.10. The molecule has 0 aliphatic rings. The van der Waals surface area contributed by atoms with E-state index in [2.05, 4.69) is 4.98 Å². The summed E-state index contributed by atoms with van der Waals surface area (Å²) in [7, 11) is 0. The predicted octanol–water partition coefficient (Wildman–Crippen LogP) is 4.87. The molecule has 1 heterocycles. The second-order valence-corrected chi connectivity index (χ2v) is 5.72. The number of fused-ring (bicyclic) bond motifs is 1. The van der Waals surface area contributed by atoms with E-state index in [4.69, 9.17) is 33.4 Å². The molecule has 0 unspecified atom stereocenters. The standard InChI is InChI=1S/C13H8Cl2N2OS/c14-7-1-3-9(15)12(5-7)19-13-17-10-6-8(16)2-4-11(10)18-13/h1-6H,16H2. The lowest BCUT2D eigenvalue weighted by atomic mass is 10.3. The summed E-state index contributed by atoms with van der Waals surface area (Å²) >= 11 is 13.4. The zero-order chi connectivity index (χ0) is 13.4. The zero-order valence-electron chi connectivity index (χ0n) is 9.56. The van der Waals surface area contributed by atoms with Gasteiger partial charge in [-0.2, -0.15) is 0 Å². The van der Waals surface area contributed by atoms with Gasteiger partial charge in [0.2, 0.25) is 0 Å². The molecule has 0 saturated carbocycles. The number of benzene rings is 2. The quantitative estimate of drug-likeness (QED) is 0.686. The Labute approximate surface area is 123 Å². The van der Waals surface area contributed by atoms with E-state index in [1.807, 2.05) is 0 Å². The van der Waals surface area contributed by atoms with Crippen molar-refractivity contribution >= 4 is 51.8 Å². The number of hydrogen-bond acceptors (Lipinski definition) is 4. The molecule has 0 aliphatic heterocycles. The number of hydrogen-bond donors (Lipinski definition) is 1. The molecule has 0 radical (unpaired) electrons. The Balaban J connectivity index is 1.98. The van der Waals surface area contributed by atoms with Crippen LogP contribution < -0.4 is 5.73 Å². The number of oxazole rings is 1. The summed E-state index contributed by atoms with van der Waals surface area (Å²) in [5, 5.41) is 1.73. The summed E-state index contributed by atoms with van der Waals surface area (Å²) in [6.07, 6.45) is 0. The van der Waals surface area contributed by atoms with Gasteiger partial charge in [-0.05, 0) is 48.2 Å². The molecule has 0 saturated heterocycles. The number of halogens is 2. The number of nitrogens with two attached hydrogens (primary N) is 1. The van der Waals surface area contributed by atoms with Crippen molar-refractivity contribution in [3.8, 4) is 0 Å². The number of nitrogens with zero attached hydrogens (tertiary/aromatic N) is 1. The van der Waals surface area contributed by atoms with E-state index in [-0.39, 0.29) is 0 Å². The maximum Gasteiger partial charge on any atom is 0.261 e. The zero-order valence-corrected chi connectivity index (χ0v) is 11.9. The van der Waals surface area contributed by atoms with Crippen LogP contribution in [-0.4, -0.2) is 4.98 Å². The molecule has 0 spiro atoms. The van der Waals surface area contributed by atoms with Gasteiger partial charge in [0, 0.05) is 15.6 Å². The predicted molar refractivity (Wildman–Crippen MR) is 79.0 cm³/mol. The van der Waals surface area contributed by atoms with Gasteiger partial charge in [-0.1, -0.05) is 23.2 Å². The van der Waals surface area contributed by atoms with Crippen molar-refractivity contribution in [3.63, 3.8) is 0 Å². The summed E-state index contributed by atoms with van der Waals surface area (Å²) in [6.45, 7) is 0. The Bertz CT molecular complexity index is 757. The Kier molecular flexibility index (Phi) is 3.31. The minimum absolute atomic E-state index is 0.504. The molecular weight excluding hydrogens is 303 g/mol. The summed E-state index contributed by atoms with van der Waals surface area (Å²) < 4.78 is 5.62. The average Bonchev–Trinajstić information content (AvgIpc) is 2.75. The second-order valence-electron chi connectivity index (χ2n) is 3.88. The first kappa shape index (κ1) is 12.7. The number of aromatic nitrogens is 1. The minimum Gasteiger partial charge on any atom is -0.431 e. The average molecular weight is 311 g/mol. The van der Waals surface area contributed by atoms with Crippen molar-refractivity contribution in [3.05, 3.63) is 46.4 Å². The van der Waals surface area contributed by atoms with E-state index < -0.39 is 0 Å². The third-order valence-corrected chi connectivity index (χ3v) is 4.07. The van der Waals surface area contributed by atoms with Gasteiger partial charge in [-0.15, -0.1) is 0 Å². The Morgan fingerprint density at radius 2 is 1.95 bits per heavy atom. The second kappa shape index (κ2) is 4.96. The maximum atomic E-state index is 6.10. The van der Waals surface area contributed by atoms with Crippen LogP contribution in [0.4, 0.5) is 5.69 Å². The fraction of sp³-hybridized carbons (Fsp3) is 0. The molecule has 96 valence electrons. The molecule has 2 N–H and O–H groups in total. The molecular formula is C13H8Cl2N2OS. The fourth-order valence-corrected chi connectivity index (χ4v) is 2.90. The Hall–Kier alpha value is -1.36. The molecule has 6 heteroatoms. The highest BCUT2D eigenvalue weighted by Gasteiger charge is 2.10. The van der Waals surface area contributed by atoms with Gasteiger partial charge in [-0.25, -0.2) is 4.98 Å². The molecule has 0 fully saturated rings. The lowest BCUT2D eigenvalue weighted by Crippen LogP contribution is -1.82. The lowest BCUT2D eigenvalue weighted by molar-refractivity contribution is 0.489. The van der Waals surface area contributed by atoms with Crippen molar-refractivity contribution in [1.82, 2.24) is 4.98 Å². The smallest absolute Gasteiger partial charge is 0.261 e. The highest BCUT2D eigenvalue weighted by Crippen LogP contribution is 2.36. The van der Waals surface area contributed by atoms with Crippen LogP contribution in [0.5, 0.6) is 0 Å². The van der Waals surface area contributed by atoms with Crippen LogP contribution in [0.15, 0.2) is 50.9 Å². The molecule has 0 amide bonds. The van der Waals surface area contributed by atoms with Crippen LogP contribution in [0, 0.1) is 0 Å². The molecule has 2 aromatic carbocycles. The molecule has 3 rings (SSSR count). The van der Waals surface area contributed by atoms with Crippen LogP contribution in [0.3, 0.4) is 0 Å². The highest BCUT2D eigenvalue weighted by molar-refractivity contribution is 7.99. The SMILES string of the molecule is Nc1ccc2oc(Sc3cc(Cl)ccc3Cl)nc2c1. The van der Waals surface area contributed by atoms with Crippen molar-refractivity contribution in [2.24, 2.45) is 0 Å². The molecule has 3 aromatic rings. The first-order valence-corrected chi connectivity index (χ1v) is 6.98. The van der Waals surface area contributed by atoms with Gasteiger partial charge >= 0.3 is 0 Å². The van der Waals surface area contributed by atoms with Gasteiger partial charge in [0.25, 0.3) is 5.22 Å². The third-order valence-electron chi connectivity index (χ3n) is 2.48. The normalized spacial score (nSPS) is 11.1. The van der Waals surface area contributed by atoms with Gasteiger partial charge in [0.05, 0.1) is 5.02 Å². The third kappa shape index (κ3) is 2.66. The molecule has 0 aliphatic carbocycles. The van der Waals surface area contributed by atoms with Crippen molar-refractivity contribution < 1.29 is 4.42 Å². The first-order valence-electron chi connectivity index (χ1n) is 5.41. The van der Waals surface area contributed by atoms with Crippen molar-refractivity contribution in [2.45, 2.75) is 10.1 Å². The largest absolute Gasteiger partial charge is 0.431 e. The van der Waals surface area contributed by atoms with Crippen LogP contribution in [0.1, 0.15) is 0 Å².